The lowest BCUT2D eigenvalue weighted by atomic mass is 10.1. The first-order valence-corrected chi connectivity index (χ1v) is 10.5. The average Bonchev–Trinajstić information content (AvgIpc) is 3.34. The first kappa shape index (κ1) is 24.5. The molecular weight excluding hydrogens is 478 g/mol. The third-order valence-corrected chi connectivity index (χ3v) is 5.01. The summed E-state index contributed by atoms with van der Waals surface area (Å²) in [5, 5.41) is 12.7. The van der Waals surface area contributed by atoms with Crippen LogP contribution in [0.3, 0.4) is 0 Å². The molecule has 0 fully saturated rings. The fraction of sp³-hybridized carbons (Fsp3) is 0.0800. The number of amides is 1. The van der Waals surface area contributed by atoms with E-state index in [1.54, 1.807) is 36.4 Å². The highest BCUT2D eigenvalue weighted by Gasteiger charge is 2.16. The summed E-state index contributed by atoms with van der Waals surface area (Å²) in [5.41, 5.74) is 1.42. The zero-order valence-corrected chi connectivity index (χ0v) is 18.8. The maximum Gasteiger partial charge on any atom is 0.280 e. The third-order valence-electron chi connectivity index (χ3n) is 5.01. The number of aliphatic imine (C=N–C) groups is 1. The van der Waals surface area contributed by atoms with Crippen LogP contribution in [0.25, 0.3) is 11.3 Å². The van der Waals surface area contributed by atoms with Crippen LogP contribution in [0, 0.1) is 23.3 Å². The second kappa shape index (κ2) is 10.7. The predicted octanol–water partition coefficient (Wildman–Crippen LogP) is 5.04. The Labute approximate surface area is 202 Å². The number of methoxy groups -OCH3 is 1. The number of ether oxygens (including phenoxy) is 1. The standard InChI is InChI=1S/C25H19F4N5O2/c1-36-18-4-2-3-14(9-18)13-30-25(32-24(35)16-10-19(27)23(29)20(28)11-16)31-22-12-21(33-34-22)15-5-7-17(26)8-6-15/h2-12H,13H2,1H3,(H3,30,31,32,33,34,35). The minimum atomic E-state index is -1.68. The molecule has 1 aromatic heterocycles. The second-order valence-electron chi connectivity index (χ2n) is 7.52. The highest BCUT2D eigenvalue weighted by molar-refractivity contribution is 6.06. The fourth-order valence-electron chi connectivity index (χ4n) is 3.21. The van der Waals surface area contributed by atoms with Gasteiger partial charge in [-0.2, -0.15) is 10.1 Å². The zero-order chi connectivity index (χ0) is 25.7. The molecule has 0 aliphatic rings. The Morgan fingerprint density at radius 3 is 2.42 bits per heavy atom. The molecule has 1 amide bonds. The van der Waals surface area contributed by atoms with E-state index in [1.807, 2.05) is 6.07 Å². The van der Waals surface area contributed by atoms with Crippen LogP contribution in [-0.4, -0.2) is 29.2 Å². The molecule has 0 atom stereocenters. The van der Waals surface area contributed by atoms with E-state index < -0.39 is 34.7 Å². The van der Waals surface area contributed by atoms with Crippen LogP contribution in [0.1, 0.15) is 15.9 Å². The van der Waals surface area contributed by atoms with Gasteiger partial charge in [-0.05, 0) is 54.1 Å². The molecule has 4 aromatic rings. The van der Waals surface area contributed by atoms with E-state index in [0.717, 1.165) is 5.56 Å². The van der Waals surface area contributed by atoms with Gasteiger partial charge in [0.15, 0.2) is 17.5 Å². The lowest BCUT2D eigenvalue weighted by Gasteiger charge is -2.12. The predicted molar refractivity (Wildman–Crippen MR) is 126 cm³/mol. The van der Waals surface area contributed by atoms with E-state index in [-0.39, 0.29) is 12.5 Å². The third kappa shape index (κ3) is 5.87. The largest absolute Gasteiger partial charge is 0.497 e. The van der Waals surface area contributed by atoms with Crippen molar-refractivity contribution >= 4 is 17.7 Å². The van der Waals surface area contributed by atoms with E-state index in [2.05, 4.69) is 25.8 Å². The normalized spacial score (nSPS) is 11.3. The summed E-state index contributed by atoms with van der Waals surface area (Å²) in [7, 11) is 1.53. The van der Waals surface area contributed by atoms with Crippen molar-refractivity contribution in [2.24, 2.45) is 4.99 Å². The molecule has 0 spiro atoms. The first-order valence-electron chi connectivity index (χ1n) is 10.5. The van der Waals surface area contributed by atoms with Crippen LogP contribution < -0.4 is 15.4 Å². The number of guanidine groups is 1. The monoisotopic (exact) mass is 497 g/mol. The summed E-state index contributed by atoms with van der Waals surface area (Å²) < 4.78 is 58.9. The van der Waals surface area contributed by atoms with Gasteiger partial charge in [0.1, 0.15) is 17.4 Å². The van der Waals surface area contributed by atoms with Crippen molar-refractivity contribution in [2.75, 3.05) is 12.4 Å². The van der Waals surface area contributed by atoms with Crippen molar-refractivity contribution in [3.8, 4) is 17.0 Å². The Balaban J connectivity index is 1.59. The molecule has 4 rings (SSSR count). The van der Waals surface area contributed by atoms with E-state index in [4.69, 9.17) is 4.74 Å². The molecule has 1 heterocycles. The summed E-state index contributed by atoms with van der Waals surface area (Å²) in [6, 6.07) is 15.5. The van der Waals surface area contributed by atoms with E-state index in [0.29, 0.717) is 35.0 Å². The molecular formula is C25H19F4N5O2. The molecule has 0 aliphatic heterocycles. The number of benzene rings is 3. The molecule has 184 valence electrons. The molecule has 7 nitrogen and oxygen atoms in total. The number of halogens is 4. The van der Waals surface area contributed by atoms with E-state index in [1.165, 1.54) is 19.2 Å². The molecule has 36 heavy (non-hydrogen) atoms. The van der Waals surface area contributed by atoms with Crippen molar-refractivity contribution in [3.63, 3.8) is 0 Å². The number of H-pyrrole nitrogens is 1. The van der Waals surface area contributed by atoms with Crippen molar-refractivity contribution < 1.29 is 27.1 Å². The van der Waals surface area contributed by atoms with E-state index >= 15 is 0 Å². The van der Waals surface area contributed by atoms with Gasteiger partial charge in [-0.25, -0.2) is 17.6 Å². The number of hydrogen-bond acceptors (Lipinski definition) is 3. The molecule has 3 N–H and O–H groups in total. The lowest BCUT2D eigenvalue weighted by molar-refractivity contribution is 0.100. The van der Waals surface area contributed by atoms with Gasteiger partial charge in [-0.3, -0.25) is 9.89 Å². The number of carbonyl (C=O) groups excluding carboxylic acids is 1. The average molecular weight is 497 g/mol. The zero-order valence-electron chi connectivity index (χ0n) is 18.8. The number of hydrogen-bond donors (Lipinski definition) is 3. The summed E-state index contributed by atoms with van der Waals surface area (Å²) in [4.78, 5) is 16.5. The molecule has 0 radical (unpaired) electrons. The number of carbonyl (C=O) groups is 1. The van der Waals surface area contributed by atoms with Gasteiger partial charge in [0.25, 0.3) is 5.91 Å². The van der Waals surface area contributed by atoms with Gasteiger partial charge in [0.05, 0.1) is 12.8 Å². The molecule has 0 unspecified atom stereocenters. The highest BCUT2D eigenvalue weighted by Crippen LogP contribution is 2.20. The number of anilines is 1. The molecule has 11 heteroatoms. The van der Waals surface area contributed by atoms with Crippen LogP contribution >= 0.6 is 0 Å². The number of nitrogens with one attached hydrogen (secondary N) is 3. The lowest BCUT2D eigenvalue weighted by Crippen LogP contribution is -2.31. The van der Waals surface area contributed by atoms with Gasteiger partial charge in [0.2, 0.25) is 5.96 Å². The first-order chi connectivity index (χ1) is 17.3. The summed E-state index contributed by atoms with van der Waals surface area (Å²) in [6.45, 7) is 0.196. The van der Waals surface area contributed by atoms with Gasteiger partial charge < -0.3 is 15.4 Å². The Hall–Kier alpha value is -4.67. The molecule has 0 bridgehead atoms. The van der Waals surface area contributed by atoms with Crippen LogP contribution in [0.15, 0.2) is 71.7 Å². The quantitative estimate of drug-likeness (QED) is 0.150. The number of aromatic amines is 1. The number of nitrogens with zero attached hydrogens (tertiary/aromatic N) is 2. The summed E-state index contributed by atoms with van der Waals surface area (Å²) in [5.74, 6) is -5.27. The molecule has 0 aliphatic carbocycles. The van der Waals surface area contributed by atoms with Gasteiger partial charge in [-0.15, -0.1) is 0 Å². The topological polar surface area (TPSA) is 91.4 Å². The minimum absolute atomic E-state index is 0.0812. The summed E-state index contributed by atoms with van der Waals surface area (Å²) in [6.07, 6.45) is 0. The highest BCUT2D eigenvalue weighted by atomic mass is 19.2. The number of rotatable bonds is 6. The van der Waals surface area contributed by atoms with Crippen molar-refractivity contribution in [3.05, 3.63) is 101 Å². The summed E-state index contributed by atoms with van der Waals surface area (Å²) >= 11 is 0. The van der Waals surface area contributed by atoms with Crippen LogP contribution in [-0.2, 0) is 6.54 Å². The molecule has 0 saturated carbocycles. The Bertz CT molecular complexity index is 1400. The number of aromatic nitrogens is 2. The molecule has 3 aromatic carbocycles. The Kier molecular flexibility index (Phi) is 7.28. The van der Waals surface area contributed by atoms with Gasteiger partial charge in [0, 0.05) is 23.7 Å². The molecule has 0 saturated heterocycles. The van der Waals surface area contributed by atoms with Crippen molar-refractivity contribution in [1.29, 1.82) is 0 Å². The van der Waals surface area contributed by atoms with E-state index in [9.17, 15) is 22.4 Å². The SMILES string of the molecule is COc1cccc(CN/C(=N/C(=O)c2cc(F)c(F)c(F)c2)Nc2cc(-c3ccc(F)cc3)n[nH]2)c1. The van der Waals surface area contributed by atoms with Crippen LogP contribution in [0.2, 0.25) is 0 Å². The fourth-order valence-corrected chi connectivity index (χ4v) is 3.21. The smallest absolute Gasteiger partial charge is 0.280 e. The van der Waals surface area contributed by atoms with Crippen LogP contribution in [0.4, 0.5) is 23.4 Å². The maximum atomic E-state index is 13.6. The van der Waals surface area contributed by atoms with Crippen LogP contribution in [0.5, 0.6) is 5.75 Å². The Morgan fingerprint density at radius 2 is 1.72 bits per heavy atom. The second-order valence-corrected chi connectivity index (χ2v) is 7.52. The van der Waals surface area contributed by atoms with Crippen molar-refractivity contribution in [2.45, 2.75) is 6.54 Å². The van der Waals surface area contributed by atoms with Crippen molar-refractivity contribution in [1.82, 2.24) is 15.5 Å². The maximum absolute atomic E-state index is 13.6. The Morgan fingerprint density at radius 1 is 1.00 bits per heavy atom. The van der Waals surface area contributed by atoms with Gasteiger partial charge >= 0.3 is 0 Å². The minimum Gasteiger partial charge on any atom is -0.497 e. The van der Waals surface area contributed by atoms with Gasteiger partial charge in [-0.1, -0.05) is 12.1 Å².